The number of benzene rings is 2. The molecule has 28 heavy (non-hydrogen) atoms. The third-order valence-corrected chi connectivity index (χ3v) is 6.18. The Balaban J connectivity index is 1.99. The molecule has 2 aromatic carbocycles. The zero-order chi connectivity index (χ0) is 20.7. The average Bonchev–Trinajstić information content (AvgIpc) is 2.66. The lowest BCUT2D eigenvalue weighted by atomic mass is 10.2. The van der Waals surface area contributed by atoms with Gasteiger partial charge in [0.15, 0.2) is 6.61 Å². The second kappa shape index (κ2) is 9.59. The van der Waals surface area contributed by atoms with Crippen LogP contribution in [-0.4, -0.2) is 34.0 Å². The first-order valence-electron chi connectivity index (χ1n) is 9.32. The van der Waals surface area contributed by atoms with Crippen molar-refractivity contribution in [1.82, 2.24) is 5.32 Å². The molecule has 0 aromatic heterocycles. The second-order valence-corrected chi connectivity index (χ2v) is 8.79. The van der Waals surface area contributed by atoms with Crippen LogP contribution in [0.25, 0.3) is 0 Å². The summed E-state index contributed by atoms with van der Waals surface area (Å²) in [5, 5.41) is 2.87. The first-order valence-corrected chi connectivity index (χ1v) is 10.8. The van der Waals surface area contributed by atoms with Crippen LogP contribution in [0, 0.1) is 6.92 Å². The van der Waals surface area contributed by atoms with Crippen molar-refractivity contribution in [2.24, 2.45) is 0 Å². The molecular formula is C21H28N2O4S. The van der Waals surface area contributed by atoms with Gasteiger partial charge >= 0.3 is 0 Å². The molecule has 0 bridgehead atoms. The van der Waals surface area contributed by atoms with E-state index in [0.717, 1.165) is 18.4 Å². The van der Waals surface area contributed by atoms with E-state index < -0.39 is 10.0 Å². The number of hydrogen-bond acceptors (Lipinski definition) is 4. The largest absolute Gasteiger partial charge is 0.484 e. The third kappa shape index (κ3) is 5.73. The molecule has 0 radical (unpaired) electrons. The zero-order valence-corrected chi connectivity index (χ0v) is 17.6. The van der Waals surface area contributed by atoms with Gasteiger partial charge in [0.2, 0.25) is 0 Å². The minimum Gasteiger partial charge on any atom is -0.484 e. The number of amides is 1. The van der Waals surface area contributed by atoms with E-state index in [1.807, 2.05) is 13.8 Å². The first kappa shape index (κ1) is 21.8. The highest BCUT2D eigenvalue weighted by Gasteiger charge is 2.21. The van der Waals surface area contributed by atoms with E-state index in [0.29, 0.717) is 11.4 Å². The van der Waals surface area contributed by atoms with Gasteiger partial charge in [0, 0.05) is 13.1 Å². The van der Waals surface area contributed by atoms with E-state index in [2.05, 4.69) is 12.2 Å². The molecule has 1 unspecified atom stereocenters. The molecule has 0 saturated heterocycles. The van der Waals surface area contributed by atoms with Gasteiger partial charge < -0.3 is 10.1 Å². The number of nitrogens with zero attached hydrogens (tertiary/aromatic N) is 1. The third-order valence-electron chi connectivity index (χ3n) is 4.38. The summed E-state index contributed by atoms with van der Waals surface area (Å²) in [6.07, 6.45) is 1.92. The van der Waals surface area contributed by atoms with Crippen molar-refractivity contribution in [2.45, 2.75) is 44.6 Å². The summed E-state index contributed by atoms with van der Waals surface area (Å²) in [7, 11) is -2.13. The van der Waals surface area contributed by atoms with Crippen LogP contribution in [0.1, 0.15) is 32.3 Å². The molecule has 1 N–H and O–H groups in total. The summed E-state index contributed by atoms with van der Waals surface area (Å²) >= 11 is 0. The summed E-state index contributed by atoms with van der Waals surface area (Å²) < 4.78 is 32.2. The van der Waals surface area contributed by atoms with Crippen molar-refractivity contribution >= 4 is 21.6 Å². The number of anilines is 1. The highest BCUT2D eigenvalue weighted by molar-refractivity contribution is 7.92. The van der Waals surface area contributed by atoms with Gasteiger partial charge in [0.05, 0.1) is 10.6 Å². The Morgan fingerprint density at radius 3 is 2.29 bits per heavy atom. The Labute approximate surface area is 167 Å². The summed E-state index contributed by atoms with van der Waals surface area (Å²) in [6.45, 7) is 5.85. The summed E-state index contributed by atoms with van der Waals surface area (Å²) in [5.41, 5.74) is 1.50. The van der Waals surface area contributed by atoms with Crippen LogP contribution < -0.4 is 14.4 Å². The molecule has 1 amide bonds. The Kier molecular flexibility index (Phi) is 7.45. The molecule has 0 aliphatic rings. The highest BCUT2D eigenvalue weighted by atomic mass is 32.2. The van der Waals surface area contributed by atoms with Gasteiger partial charge in [-0.25, -0.2) is 8.42 Å². The van der Waals surface area contributed by atoms with Crippen LogP contribution in [0.4, 0.5) is 5.69 Å². The maximum atomic E-state index is 12.7. The molecule has 152 valence electrons. The van der Waals surface area contributed by atoms with Gasteiger partial charge in [0.25, 0.3) is 15.9 Å². The summed E-state index contributed by atoms with van der Waals surface area (Å²) in [5.74, 6) is 0.326. The Bertz CT molecular complexity index is 878. The average molecular weight is 405 g/mol. The van der Waals surface area contributed by atoms with Crippen LogP contribution in [0.2, 0.25) is 0 Å². The normalized spacial score (nSPS) is 12.3. The van der Waals surface area contributed by atoms with Crippen molar-refractivity contribution in [1.29, 1.82) is 0 Å². The van der Waals surface area contributed by atoms with Crippen LogP contribution in [-0.2, 0) is 14.8 Å². The second-order valence-electron chi connectivity index (χ2n) is 6.83. The number of nitrogens with one attached hydrogen (secondary N) is 1. The molecule has 0 saturated carbocycles. The molecule has 0 aliphatic heterocycles. The summed E-state index contributed by atoms with van der Waals surface area (Å²) in [6, 6.07) is 13.4. The minimum absolute atomic E-state index is 0.0785. The molecular weight excluding hydrogens is 376 g/mol. The van der Waals surface area contributed by atoms with Gasteiger partial charge in [-0.1, -0.05) is 31.0 Å². The molecule has 1 atom stereocenters. The van der Waals surface area contributed by atoms with Crippen LogP contribution in [0.5, 0.6) is 5.75 Å². The monoisotopic (exact) mass is 404 g/mol. The van der Waals surface area contributed by atoms with E-state index in [4.69, 9.17) is 4.74 Å². The van der Waals surface area contributed by atoms with Crippen molar-refractivity contribution < 1.29 is 17.9 Å². The molecule has 7 heteroatoms. The van der Waals surface area contributed by atoms with Crippen molar-refractivity contribution in [3.63, 3.8) is 0 Å². The topological polar surface area (TPSA) is 75.7 Å². The van der Waals surface area contributed by atoms with Gasteiger partial charge in [-0.3, -0.25) is 9.10 Å². The fourth-order valence-corrected chi connectivity index (χ4v) is 3.93. The highest BCUT2D eigenvalue weighted by Crippen LogP contribution is 2.24. The quantitative estimate of drug-likeness (QED) is 0.694. The van der Waals surface area contributed by atoms with Crippen molar-refractivity contribution in [3.05, 3.63) is 54.1 Å². The van der Waals surface area contributed by atoms with Crippen molar-refractivity contribution in [3.8, 4) is 5.75 Å². The fourth-order valence-electron chi connectivity index (χ4n) is 2.73. The van der Waals surface area contributed by atoms with E-state index in [-0.39, 0.29) is 23.5 Å². The maximum Gasteiger partial charge on any atom is 0.264 e. The number of carbonyl (C=O) groups excluding carboxylic acids is 1. The van der Waals surface area contributed by atoms with E-state index in [1.54, 1.807) is 48.5 Å². The molecule has 2 aromatic rings. The van der Waals surface area contributed by atoms with Crippen LogP contribution in [0.15, 0.2) is 53.4 Å². The fraction of sp³-hybridized carbons (Fsp3) is 0.381. The van der Waals surface area contributed by atoms with Crippen LogP contribution in [0.3, 0.4) is 0 Å². The van der Waals surface area contributed by atoms with Gasteiger partial charge in [-0.2, -0.15) is 0 Å². The number of carbonyl (C=O) groups is 1. The number of aryl methyl sites for hydroxylation is 1. The Morgan fingerprint density at radius 2 is 1.71 bits per heavy atom. The van der Waals surface area contributed by atoms with E-state index in [1.165, 1.54) is 11.4 Å². The van der Waals surface area contributed by atoms with Gasteiger partial charge in [-0.15, -0.1) is 0 Å². The van der Waals surface area contributed by atoms with Crippen LogP contribution >= 0.6 is 0 Å². The predicted octanol–water partition coefficient (Wildman–Crippen LogP) is 3.50. The van der Waals surface area contributed by atoms with E-state index in [9.17, 15) is 13.2 Å². The number of rotatable bonds is 9. The van der Waals surface area contributed by atoms with Crippen molar-refractivity contribution in [2.75, 3.05) is 18.0 Å². The minimum atomic E-state index is -3.64. The number of hydrogen-bond donors (Lipinski definition) is 1. The summed E-state index contributed by atoms with van der Waals surface area (Å²) in [4.78, 5) is 12.1. The molecule has 2 rings (SSSR count). The zero-order valence-electron chi connectivity index (χ0n) is 16.8. The lowest BCUT2D eigenvalue weighted by Crippen LogP contribution is -2.35. The maximum absolute atomic E-state index is 12.7. The first-order chi connectivity index (χ1) is 13.2. The molecule has 0 spiro atoms. The molecule has 0 aliphatic carbocycles. The molecule has 0 heterocycles. The lowest BCUT2D eigenvalue weighted by molar-refractivity contribution is -0.123. The standard InChI is InChI=1S/C21H28N2O4S/c1-5-6-17(3)22-21(24)15-27-19-11-9-18(10-12-19)23(4)28(25,26)20-13-7-16(2)8-14-20/h7-14,17H,5-6,15H2,1-4H3,(H,22,24). The molecule has 6 nitrogen and oxygen atoms in total. The van der Waals surface area contributed by atoms with Gasteiger partial charge in [-0.05, 0) is 56.7 Å². The number of ether oxygens (including phenoxy) is 1. The van der Waals surface area contributed by atoms with E-state index >= 15 is 0 Å². The Hall–Kier alpha value is -2.54. The SMILES string of the molecule is CCCC(C)NC(=O)COc1ccc(N(C)S(=O)(=O)c2ccc(C)cc2)cc1. The lowest BCUT2D eigenvalue weighted by Gasteiger charge is -2.20. The predicted molar refractivity (Wildman–Crippen MR) is 111 cm³/mol. The smallest absolute Gasteiger partial charge is 0.264 e. The number of sulfonamides is 1. The Morgan fingerprint density at radius 1 is 1.11 bits per heavy atom. The molecule has 0 fully saturated rings. The van der Waals surface area contributed by atoms with Gasteiger partial charge in [0.1, 0.15) is 5.75 Å².